The fourth-order valence-electron chi connectivity index (χ4n) is 12.5. The Hall–Kier alpha value is -6.74. The maximum absolute atomic E-state index is 12.6. The van der Waals surface area contributed by atoms with Crippen molar-refractivity contribution >= 4 is 53.8 Å². The number of rotatable bonds is 35. The van der Waals surface area contributed by atoms with E-state index < -0.39 is 0 Å². The second kappa shape index (κ2) is 45.3. The van der Waals surface area contributed by atoms with Crippen LogP contribution in [0.1, 0.15) is 278 Å². The molecule has 3 N–H and O–H groups in total. The molecule has 4 amide bonds. The van der Waals surface area contributed by atoms with Gasteiger partial charge in [-0.1, -0.05) is 202 Å². The lowest BCUT2D eigenvalue weighted by Gasteiger charge is -2.34. The minimum absolute atomic E-state index is 0.0473. The molecule has 4 fully saturated rings. The third-order valence-corrected chi connectivity index (χ3v) is 21.3. The molecule has 1 heterocycles. The van der Waals surface area contributed by atoms with E-state index in [1.807, 2.05) is 128 Å². The fraction of sp³-hybridized carbons (Fsp3) is 0.647. The van der Waals surface area contributed by atoms with Crippen LogP contribution in [0.15, 0.2) is 91.0 Å². The molecule has 7 rings (SSSR count). The summed E-state index contributed by atoms with van der Waals surface area (Å²) in [5.41, 5.74) is 3.39. The van der Waals surface area contributed by atoms with Gasteiger partial charge in [0.15, 0.2) is 0 Å². The largest absolute Gasteiger partial charge is 0.494 e. The molecule has 15 heteroatoms. The van der Waals surface area contributed by atoms with Gasteiger partial charge in [0.1, 0.15) is 23.7 Å². The van der Waals surface area contributed by atoms with Gasteiger partial charge in [-0.15, -0.1) is 0 Å². The average Bonchev–Trinajstić information content (AvgIpc) is 0.934. The van der Waals surface area contributed by atoms with E-state index in [2.05, 4.69) is 65.9 Å². The van der Waals surface area contributed by atoms with Gasteiger partial charge in [-0.3, -0.25) is 24.1 Å². The van der Waals surface area contributed by atoms with Crippen LogP contribution in [0.4, 0.5) is 0 Å². The van der Waals surface area contributed by atoms with Gasteiger partial charge in [0, 0.05) is 85.8 Å². The maximum atomic E-state index is 12.6. The van der Waals surface area contributed by atoms with Crippen LogP contribution in [-0.4, -0.2) is 122 Å². The first-order valence-electron chi connectivity index (χ1n) is 38.9. The van der Waals surface area contributed by atoms with Gasteiger partial charge in [-0.05, 0) is 173 Å². The number of nitrogens with one attached hydrogen (secondary N) is 3. The van der Waals surface area contributed by atoms with Gasteiger partial charge < -0.3 is 39.8 Å². The lowest BCUT2D eigenvalue weighted by Crippen LogP contribution is -2.50. The van der Waals surface area contributed by atoms with Crippen molar-refractivity contribution in [3.05, 3.63) is 113 Å². The molecular weight excluding hydrogens is 1250 g/mol. The summed E-state index contributed by atoms with van der Waals surface area (Å²) in [5.74, 6) is 2.83. The molecule has 15 nitrogen and oxygen atoms in total. The number of benzene rings is 3. The van der Waals surface area contributed by atoms with Crippen molar-refractivity contribution in [2.24, 2.45) is 22.2 Å². The molecule has 0 radical (unpaired) electrons. The molecule has 3 saturated carbocycles. The average molecular weight is 1380 g/mol. The molecule has 0 bridgehead atoms. The first-order chi connectivity index (χ1) is 48.0. The molecule has 0 aromatic heterocycles. The lowest BCUT2D eigenvalue weighted by molar-refractivity contribution is -0.145. The van der Waals surface area contributed by atoms with Gasteiger partial charge in [-0.2, -0.15) is 0 Å². The number of nitrogens with zero attached hydrogens (tertiary/aromatic N) is 2. The number of amides is 4. The number of esters is 2. The summed E-state index contributed by atoms with van der Waals surface area (Å²) in [6, 6.07) is 24.7. The Morgan fingerprint density at radius 1 is 0.490 bits per heavy atom. The maximum Gasteiger partial charge on any atom is 0.331 e. The van der Waals surface area contributed by atoms with Crippen molar-refractivity contribution in [3.63, 3.8) is 0 Å². The highest BCUT2D eigenvalue weighted by atomic mass is 16.5. The van der Waals surface area contributed by atoms with Crippen molar-refractivity contribution in [1.82, 2.24) is 25.8 Å². The third-order valence-electron chi connectivity index (χ3n) is 21.3. The van der Waals surface area contributed by atoms with Gasteiger partial charge in [0.05, 0.1) is 13.2 Å². The fourth-order valence-corrected chi connectivity index (χ4v) is 12.5. The SMILES string of the molecule is CCC(C)(C)C(=O)NC1CCC(OC(=O)/C=C/c2ccc(C3CCCCC3)cc2)CC1.CCCCC(CC)COc1ccc(/C=C/C(=O)OC2CCC(NC(=O)C(C)(C)CC)CC2)cc1.CCCCCCCCOc1ccc(/C=C/C(=O)N2CCN(CCNC(=O)C(C)(C)CC)CC2)cc1. The molecule has 0 spiro atoms. The number of hydrogen-bond acceptors (Lipinski definition) is 11. The molecule has 3 aromatic rings. The summed E-state index contributed by atoms with van der Waals surface area (Å²) >= 11 is 0. The standard InChI is InChI=1S/C29H47N3O3.C29H45NO4.C27H39NO3/c1-5-7-8-9-10-11-24-35-26-15-12-25(13-16-26)14-17-27(33)32-22-20-31(21-23-32)19-18-30-28(34)29(3,4)6-2;1-6-9-10-22(7-2)21-33-25-16-11-23(12-17-25)13-20-27(31)34-26-18-14-24(15-19-26)30-28(32)29(4,5)8-3;1-4-27(2,3)26(30)28-23-15-17-24(18-16-23)31-25(29)19-12-20-10-13-22(14-11-20)21-8-6-5-7-9-21/h12-17H,5-11,18-24H2,1-4H3,(H,30,34);11-13,16-17,20,22,24,26H,6-10,14-15,18-19,21H2,1-5H3,(H,30,32);10-14,19,21,23-24H,4-9,15-18H2,1-3H3,(H,28,30)/b17-14+;20-13+;19-12+. The van der Waals surface area contributed by atoms with Crippen LogP contribution in [0, 0.1) is 22.2 Å². The van der Waals surface area contributed by atoms with Crippen molar-refractivity contribution in [2.75, 3.05) is 52.5 Å². The van der Waals surface area contributed by atoms with E-state index in [9.17, 15) is 28.8 Å². The summed E-state index contributed by atoms with van der Waals surface area (Å²) in [7, 11) is 0. The second-order valence-corrected chi connectivity index (χ2v) is 30.4. The van der Waals surface area contributed by atoms with E-state index in [0.717, 1.165) is 145 Å². The molecule has 3 aliphatic carbocycles. The molecular formula is C85H131N5O10. The topological polar surface area (TPSA) is 182 Å². The number of hydrogen-bond donors (Lipinski definition) is 3. The molecule has 4 aliphatic rings. The highest BCUT2D eigenvalue weighted by Crippen LogP contribution is 2.33. The van der Waals surface area contributed by atoms with Gasteiger partial charge in [0.25, 0.3) is 0 Å². The van der Waals surface area contributed by atoms with Crippen molar-refractivity contribution in [2.45, 2.75) is 280 Å². The van der Waals surface area contributed by atoms with E-state index in [0.29, 0.717) is 31.5 Å². The number of ether oxygens (including phenoxy) is 4. The van der Waals surface area contributed by atoms with Crippen molar-refractivity contribution in [3.8, 4) is 11.5 Å². The van der Waals surface area contributed by atoms with Crippen LogP contribution in [0.25, 0.3) is 18.2 Å². The second-order valence-electron chi connectivity index (χ2n) is 30.4. The lowest BCUT2D eigenvalue weighted by atomic mass is 9.84. The Morgan fingerprint density at radius 2 is 0.930 bits per heavy atom. The third kappa shape index (κ3) is 31.7. The van der Waals surface area contributed by atoms with Crippen LogP contribution in [0.5, 0.6) is 11.5 Å². The summed E-state index contributed by atoms with van der Waals surface area (Å²) in [6.45, 7) is 30.7. The van der Waals surface area contributed by atoms with E-state index >= 15 is 0 Å². The normalized spacial score (nSPS) is 19.0. The Morgan fingerprint density at radius 3 is 1.40 bits per heavy atom. The molecule has 556 valence electrons. The minimum atomic E-state index is -0.342. The molecule has 3 aromatic carbocycles. The zero-order valence-corrected chi connectivity index (χ0v) is 63.9. The predicted octanol–water partition coefficient (Wildman–Crippen LogP) is 18.0. The summed E-state index contributed by atoms with van der Waals surface area (Å²) in [5, 5.41) is 9.36. The van der Waals surface area contributed by atoms with E-state index in [1.165, 1.54) is 101 Å². The molecule has 100 heavy (non-hydrogen) atoms. The van der Waals surface area contributed by atoms with Crippen LogP contribution in [0.3, 0.4) is 0 Å². The Labute approximate surface area is 604 Å². The highest BCUT2D eigenvalue weighted by Gasteiger charge is 2.32. The van der Waals surface area contributed by atoms with Crippen LogP contribution >= 0.6 is 0 Å². The van der Waals surface area contributed by atoms with E-state index in [1.54, 1.807) is 12.2 Å². The molecule has 1 aliphatic heterocycles. The first kappa shape index (κ1) is 83.9. The quantitative estimate of drug-likeness (QED) is 0.0290. The van der Waals surface area contributed by atoms with Crippen LogP contribution in [-0.2, 0) is 38.2 Å². The summed E-state index contributed by atoms with van der Waals surface area (Å²) in [4.78, 5) is 78.2. The van der Waals surface area contributed by atoms with Gasteiger partial charge >= 0.3 is 11.9 Å². The van der Waals surface area contributed by atoms with Crippen LogP contribution in [0.2, 0.25) is 0 Å². The Bertz CT molecular complexity index is 2940. The number of carbonyl (C=O) groups is 6. The smallest absolute Gasteiger partial charge is 0.331 e. The number of unbranched alkanes of at least 4 members (excludes halogenated alkanes) is 6. The van der Waals surface area contributed by atoms with E-state index in [4.69, 9.17) is 18.9 Å². The number of carbonyl (C=O) groups excluding carboxylic acids is 6. The number of piperazine rings is 1. The Kier molecular flexibility index (Phi) is 38.0. The predicted molar refractivity (Wildman–Crippen MR) is 409 cm³/mol. The summed E-state index contributed by atoms with van der Waals surface area (Å²) < 4.78 is 23.0. The Balaban J connectivity index is 0.000000271. The highest BCUT2D eigenvalue weighted by molar-refractivity contribution is 5.92. The van der Waals surface area contributed by atoms with Crippen molar-refractivity contribution in [1.29, 1.82) is 0 Å². The van der Waals surface area contributed by atoms with Crippen LogP contribution < -0.4 is 25.4 Å². The first-order valence-corrected chi connectivity index (χ1v) is 38.9. The van der Waals surface area contributed by atoms with Crippen molar-refractivity contribution < 1.29 is 47.7 Å². The van der Waals surface area contributed by atoms with Gasteiger partial charge in [-0.25, -0.2) is 9.59 Å². The van der Waals surface area contributed by atoms with E-state index in [-0.39, 0.29) is 76.1 Å². The molecule has 1 saturated heterocycles. The molecule has 1 unspecified atom stereocenters. The molecule has 1 atom stereocenters. The van der Waals surface area contributed by atoms with Gasteiger partial charge in [0.2, 0.25) is 23.6 Å². The summed E-state index contributed by atoms with van der Waals surface area (Å²) in [6.07, 6.45) is 38.0. The zero-order valence-electron chi connectivity index (χ0n) is 63.9. The monoisotopic (exact) mass is 1380 g/mol. The zero-order chi connectivity index (χ0) is 72.8. The minimum Gasteiger partial charge on any atom is -0.494 e.